The smallest absolute Gasteiger partial charge is 0.251 e. The standard InChI is InChI=1S/C25H31N3O5/c1-31-21-11-16(12-22(32-2)24(21)33-3)25(30)27-18-13-19-9-10-20(14-18)28(19)15-23(29)26-17-7-5-4-6-8-17/h4-8,11-12,18-20H,9-10,13-15H2,1-3H3,(H,26,29)(H,27,30). The zero-order valence-electron chi connectivity index (χ0n) is 19.3. The van der Waals surface area contributed by atoms with Crippen LogP contribution in [0.15, 0.2) is 42.5 Å². The van der Waals surface area contributed by atoms with Crippen LogP contribution in [0.5, 0.6) is 17.2 Å². The molecule has 2 unspecified atom stereocenters. The summed E-state index contributed by atoms with van der Waals surface area (Å²) < 4.78 is 16.1. The number of hydrogen-bond acceptors (Lipinski definition) is 6. The Labute approximate surface area is 194 Å². The molecule has 0 saturated carbocycles. The van der Waals surface area contributed by atoms with Gasteiger partial charge < -0.3 is 24.8 Å². The van der Waals surface area contributed by atoms with Gasteiger partial charge in [0.05, 0.1) is 27.9 Å². The van der Waals surface area contributed by atoms with Crippen molar-refractivity contribution in [2.24, 2.45) is 0 Å². The fourth-order valence-corrected chi connectivity index (χ4v) is 5.02. The van der Waals surface area contributed by atoms with Crippen molar-refractivity contribution in [2.45, 2.75) is 43.8 Å². The molecule has 0 aliphatic carbocycles. The number of anilines is 1. The molecule has 0 radical (unpaired) electrons. The zero-order valence-corrected chi connectivity index (χ0v) is 19.3. The van der Waals surface area contributed by atoms with Gasteiger partial charge in [0.2, 0.25) is 11.7 Å². The Morgan fingerprint density at radius 1 is 0.939 bits per heavy atom. The fourth-order valence-electron chi connectivity index (χ4n) is 5.02. The average Bonchev–Trinajstić information content (AvgIpc) is 3.05. The Bertz CT molecular complexity index is 958. The van der Waals surface area contributed by atoms with Crippen molar-refractivity contribution in [3.63, 3.8) is 0 Å². The van der Waals surface area contributed by atoms with Gasteiger partial charge in [-0.2, -0.15) is 0 Å². The third-order valence-electron chi connectivity index (χ3n) is 6.53. The first kappa shape index (κ1) is 22.9. The number of amides is 2. The van der Waals surface area contributed by atoms with Crippen LogP contribution in [0.2, 0.25) is 0 Å². The quantitative estimate of drug-likeness (QED) is 0.639. The third kappa shape index (κ3) is 5.06. The Balaban J connectivity index is 1.37. The van der Waals surface area contributed by atoms with Crippen LogP contribution < -0.4 is 24.8 Å². The highest BCUT2D eigenvalue weighted by molar-refractivity contribution is 5.96. The highest BCUT2D eigenvalue weighted by atomic mass is 16.5. The highest BCUT2D eigenvalue weighted by Crippen LogP contribution is 2.39. The zero-order chi connectivity index (χ0) is 23.4. The first-order valence-corrected chi connectivity index (χ1v) is 11.2. The molecule has 2 N–H and O–H groups in total. The molecule has 0 aromatic heterocycles. The van der Waals surface area contributed by atoms with Crippen LogP contribution in [0.3, 0.4) is 0 Å². The van der Waals surface area contributed by atoms with Crippen molar-refractivity contribution < 1.29 is 23.8 Å². The van der Waals surface area contributed by atoms with Crippen LogP contribution in [0.1, 0.15) is 36.0 Å². The SMILES string of the molecule is COc1cc(C(=O)NC2CC3CCC(C2)N3CC(=O)Nc2ccccc2)cc(OC)c1OC. The second kappa shape index (κ2) is 10.1. The maximum absolute atomic E-state index is 13.0. The van der Waals surface area contributed by atoms with Crippen molar-refractivity contribution in [1.82, 2.24) is 10.2 Å². The lowest BCUT2D eigenvalue weighted by atomic mass is 9.96. The number of benzene rings is 2. The van der Waals surface area contributed by atoms with Gasteiger partial charge in [-0.05, 0) is 49.9 Å². The molecule has 2 amide bonds. The van der Waals surface area contributed by atoms with Crippen LogP contribution >= 0.6 is 0 Å². The van der Waals surface area contributed by atoms with E-state index in [-0.39, 0.29) is 29.9 Å². The second-order valence-corrected chi connectivity index (χ2v) is 8.53. The van der Waals surface area contributed by atoms with E-state index in [9.17, 15) is 9.59 Å². The maximum Gasteiger partial charge on any atom is 0.251 e. The first-order chi connectivity index (χ1) is 16.0. The number of carbonyl (C=O) groups excluding carboxylic acids is 2. The molecule has 2 aromatic carbocycles. The molecule has 2 aliphatic heterocycles. The normalized spacial score (nSPS) is 21.8. The summed E-state index contributed by atoms with van der Waals surface area (Å²) in [5, 5.41) is 6.14. The van der Waals surface area contributed by atoms with Gasteiger partial charge in [0, 0.05) is 29.4 Å². The summed E-state index contributed by atoms with van der Waals surface area (Å²) in [5.41, 5.74) is 1.27. The van der Waals surface area contributed by atoms with E-state index in [1.807, 2.05) is 30.3 Å². The summed E-state index contributed by atoms with van der Waals surface area (Å²) in [7, 11) is 4.59. The van der Waals surface area contributed by atoms with E-state index in [1.165, 1.54) is 21.3 Å². The molecular formula is C25H31N3O5. The molecule has 2 saturated heterocycles. The van der Waals surface area contributed by atoms with Gasteiger partial charge in [0.15, 0.2) is 11.5 Å². The minimum Gasteiger partial charge on any atom is -0.493 e. The molecule has 2 fully saturated rings. The molecule has 2 heterocycles. The van der Waals surface area contributed by atoms with Crippen LogP contribution in [-0.4, -0.2) is 62.7 Å². The van der Waals surface area contributed by atoms with Gasteiger partial charge >= 0.3 is 0 Å². The van der Waals surface area contributed by atoms with E-state index >= 15 is 0 Å². The predicted molar refractivity (Wildman–Crippen MR) is 125 cm³/mol. The molecule has 33 heavy (non-hydrogen) atoms. The third-order valence-corrected chi connectivity index (χ3v) is 6.53. The average molecular weight is 454 g/mol. The van der Waals surface area contributed by atoms with E-state index in [2.05, 4.69) is 15.5 Å². The van der Waals surface area contributed by atoms with Gasteiger partial charge in [0.1, 0.15) is 0 Å². The summed E-state index contributed by atoms with van der Waals surface area (Å²) in [5.74, 6) is 1.17. The molecule has 2 aromatic rings. The fraction of sp³-hybridized carbons (Fsp3) is 0.440. The number of hydrogen-bond donors (Lipinski definition) is 2. The summed E-state index contributed by atoms with van der Waals surface area (Å²) in [6.45, 7) is 0.373. The van der Waals surface area contributed by atoms with Crippen molar-refractivity contribution in [1.29, 1.82) is 0 Å². The number of fused-ring (bicyclic) bond motifs is 2. The number of methoxy groups -OCH3 is 3. The molecular weight excluding hydrogens is 422 g/mol. The lowest BCUT2D eigenvalue weighted by molar-refractivity contribution is -0.118. The van der Waals surface area contributed by atoms with E-state index < -0.39 is 0 Å². The minimum absolute atomic E-state index is 0.00184. The lowest BCUT2D eigenvalue weighted by Crippen LogP contribution is -2.52. The number of carbonyl (C=O) groups is 2. The Kier molecular flexibility index (Phi) is 7.03. The summed E-state index contributed by atoms with van der Waals surface area (Å²) >= 11 is 0. The monoisotopic (exact) mass is 453 g/mol. The van der Waals surface area contributed by atoms with Crippen LogP contribution in [0.25, 0.3) is 0 Å². The number of nitrogens with zero attached hydrogens (tertiary/aromatic N) is 1. The van der Waals surface area contributed by atoms with Gasteiger partial charge in [-0.3, -0.25) is 14.5 Å². The maximum atomic E-state index is 13.0. The van der Waals surface area contributed by atoms with Gasteiger partial charge in [-0.15, -0.1) is 0 Å². The summed E-state index contributed by atoms with van der Waals surface area (Å²) in [4.78, 5) is 27.9. The summed E-state index contributed by atoms with van der Waals surface area (Å²) in [6.07, 6.45) is 3.73. The molecule has 8 nitrogen and oxygen atoms in total. The number of rotatable bonds is 8. The second-order valence-electron chi connectivity index (χ2n) is 8.53. The molecule has 8 heteroatoms. The van der Waals surface area contributed by atoms with E-state index in [1.54, 1.807) is 12.1 Å². The Hall–Kier alpha value is -3.26. The van der Waals surface area contributed by atoms with Crippen molar-refractivity contribution in [2.75, 3.05) is 33.2 Å². The minimum atomic E-state index is -0.172. The number of piperidine rings is 1. The van der Waals surface area contributed by atoms with Crippen LogP contribution in [0.4, 0.5) is 5.69 Å². The summed E-state index contributed by atoms with van der Waals surface area (Å²) in [6, 6.07) is 13.5. The molecule has 4 rings (SSSR count). The topological polar surface area (TPSA) is 89.1 Å². The van der Waals surface area contributed by atoms with Crippen molar-refractivity contribution >= 4 is 17.5 Å². The lowest BCUT2D eigenvalue weighted by Gasteiger charge is -2.38. The van der Waals surface area contributed by atoms with E-state index in [0.29, 0.717) is 29.4 Å². The van der Waals surface area contributed by atoms with Gasteiger partial charge in [0.25, 0.3) is 5.91 Å². The number of ether oxygens (including phenoxy) is 3. The van der Waals surface area contributed by atoms with E-state index in [4.69, 9.17) is 14.2 Å². The Morgan fingerprint density at radius 2 is 1.55 bits per heavy atom. The largest absolute Gasteiger partial charge is 0.493 e. The molecule has 2 atom stereocenters. The van der Waals surface area contributed by atoms with Gasteiger partial charge in [-0.1, -0.05) is 18.2 Å². The molecule has 176 valence electrons. The van der Waals surface area contributed by atoms with Crippen molar-refractivity contribution in [3.8, 4) is 17.2 Å². The molecule has 2 bridgehead atoms. The van der Waals surface area contributed by atoms with E-state index in [0.717, 1.165) is 31.4 Å². The van der Waals surface area contributed by atoms with Crippen molar-refractivity contribution in [3.05, 3.63) is 48.0 Å². The number of nitrogens with one attached hydrogen (secondary N) is 2. The predicted octanol–water partition coefficient (Wildman–Crippen LogP) is 3.08. The first-order valence-electron chi connectivity index (χ1n) is 11.2. The van der Waals surface area contributed by atoms with Crippen LogP contribution in [-0.2, 0) is 4.79 Å². The molecule has 2 aliphatic rings. The number of para-hydroxylation sites is 1. The van der Waals surface area contributed by atoms with Crippen LogP contribution in [0, 0.1) is 0 Å². The Morgan fingerprint density at radius 3 is 2.09 bits per heavy atom. The van der Waals surface area contributed by atoms with Gasteiger partial charge in [-0.25, -0.2) is 0 Å². The molecule has 0 spiro atoms. The highest BCUT2D eigenvalue weighted by Gasteiger charge is 2.41.